The zero-order valence-corrected chi connectivity index (χ0v) is 15.5. The van der Waals surface area contributed by atoms with Crippen LogP contribution in [0.1, 0.15) is 19.3 Å². The van der Waals surface area contributed by atoms with Crippen molar-refractivity contribution in [3.8, 4) is 5.69 Å². The highest BCUT2D eigenvalue weighted by Gasteiger charge is 2.13. The Morgan fingerprint density at radius 1 is 1.04 bits per heavy atom. The number of benzene rings is 1. The Balaban J connectivity index is 1.51. The van der Waals surface area contributed by atoms with Crippen LogP contribution >= 0.6 is 23.4 Å². The van der Waals surface area contributed by atoms with Crippen LogP contribution in [-0.2, 0) is 0 Å². The van der Waals surface area contributed by atoms with Crippen LogP contribution in [0.25, 0.3) is 16.7 Å². The van der Waals surface area contributed by atoms with Gasteiger partial charge in [-0.15, -0.1) is 11.8 Å². The van der Waals surface area contributed by atoms with Gasteiger partial charge in [-0.25, -0.2) is 14.6 Å². The Kier molecular flexibility index (Phi) is 5.20. The van der Waals surface area contributed by atoms with Crippen molar-refractivity contribution in [3.05, 3.63) is 41.8 Å². The van der Waals surface area contributed by atoms with E-state index in [0.717, 1.165) is 34.0 Å². The monoisotopic (exact) mass is 373 g/mol. The van der Waals surface area contributed by atoms with Crippen molar-refractivity contribution >= 4 is 34.4 Å². The van der Waals surface area contributed by atoms with Gasteiger partial charge in [-0.1, -0.05) is 18.0 Å². The summed E-state index contributed by atoms with van der Waals surface area (Å²) in [5.74, 6) is 1.04. The summed E-state index contributed by atoms with van der Waals surface area (Å²) in [6.07, 6.45) is 7.51. The van der Waals surface area contributed by atoms with Crippen molar-refractivity contribution in [2.75, 3.05) is 25.4 Å². The summed E-state index contributed by atoms with van der Waals surface area (Å²) in [7, 11) is 0. The molecule has 3 heterocycles. The fourth-order valence-corrected chi connectivity index (χ4v) is 4.25. The van der Waals surface area contributed by atoms with E-state index in [-0.39, 0.29) is 0 Å². The molecule has 2 aromatic heterocycles. The predicted molar refractivity (Wildman–Crippen MR) is 103 cm³/mol. The fraction of sp³-hybridized carbons (Fsp3) is 0.389. The molecule has 3 aromatic rings. The first-order valence-corrected chi connectivity index (χ1v) is 9.97. The maximum Gasteiger partial charge on any atom is 0.167 e. The fourth-order valence-electron chi connectivity index (χ4n) is 3.16. The van der Waals surface area contributed by atoms with Crippen LogP contribution in [0.4, 0.5) is 0 Å². The van der Waals surface area contributed by atoms with Crippen molar-refractivity contribution in [1.29, 1.82) is 0 Å². The smallest absolute Gasteiger partial charge is 0.167 e. The van der Waals surface area contributed by atoms with Gasteiger partial charge in [-0.2, -0.15) is 5.10 Å². The highest BCUT2D eigenvalue weighted by molar-refractivity contribution is 7.99. The van der Waals surface area contributed by atoms with Crippen LogP contribution in [0.15, 0.2) is 41.8 Å². The van der Waals surface area contributed by atoms with E-state index in [2.05, 4.69) is 20.0 Å². The van der Waals surface area contributed by atoms with Crippen LogP contribution in [0, 0.1) is 0 Å². The Labute approximate surface area is 156 Å². The summed E-state index contributed by atoms with van der Waals surface area (Å²) in [4.78, 5) is 11.4. The second-order valence-corrected chi connectivity index (χ2v) is 7.72. The normalized spacial score (nSPS) is 15.7. The van der Waals surface area contributed by atoms with Crippen LogP contribution in [0.2, 0.25) is 5.02 Å². The van der Waals surface area contributed by atoms with Crippen molar-refractivity contribution in [1.82, 2.24) is 24.6 Å². The summed E-state index contributed by atoms with van der Waals surface area (Å²) in [6, 6.07) is 7.61. The molecule has 0 unspecified atom stereocenters. The molecule has 0 atom stereocenters. The van der Waals surface area contributed by atoms with Gasteiger partial charge in [0.2, 0.25) is 0 Å². The van der Waals surface area contributed by atoms with Gasteiger partial charge in [0.1, 0.15) is 11.4 Å². The summed E-state index contributed by atoms with van der Waals surface area (Å²) >= 11 is 7.76. The minimum atomic E-state index is 0.712. The minimum absolute atomic E-state index is 0.712. The van der Waals surface area contributed by atoms with E-state index in [9.17, 15) is 0 Å². The summed E-state index contributed by atoms with van der Waals surface area (Å²) in [6.45, 7) is 3.57. The molecular weight excluding hydrogens is 354 g/mol. The van der Waals surface area contributed by atoms with Gasteiger partial charge in [0.05, 0.1) is 17.3 Å². The number of hydrogen-bond donors (Lipinski definition) is 0. The Hall–Kier alpha value is -1.63. The highest BCUT2D eigenvalue weighted by atomic mass is 35.5. The molecule has 1 fully saturated rings. The highest BCUT2D eigenvalue weighted by Crippen LogP contribution is 2.26. The maximum absolute atomic E-state index is 5.98. The minimum Gasteiger partial charge on any atom is -0.303 e. The molecule has 0 spiro atoms. The van der Waals surface area contributed by atoms with Crippen molar-refractivity contribution in [2.45, 2.75) is 24.3 Å². The van der Waals surface area contributed by atoms with E-state index in [0.29, 0.717) is 5.02 Å². The Morgan fingerprint density at radius 2 is 1.84 bits per heavy atom. The molecule has 1 aromatic carbocycles. The summed E-state index contributed by atoms with van der Waals surface area (Å²) in [5, 5.41) is 7.22. The molecule has 130 valence electrons. The van der Waals surface area contributed by atoms with Crippen LogP contribution < -0.4 is 0 Å². The van der Waals surface area contributed by atoms with E-state index < -0.39 is 0 Å². The lowest BCUT2D eigenvalue weighted by Gasteiger charge is -2.25. The second kappa shape index (κ2) is 7.72. The van der Waals surface area contributed by atoms with Crippen LogP contribution in [-0.4, -0.2) is 50.0 Å². The number of hydrogen-bond acceptors (Lipinski definition) is 5. The van der Waals surface area contributed by atoms with Gasteiger partial charge in [-0.3, -0.25) is 0 Å². The lowest BCUT2D eigenvalue weighted by Crippen LogP contribution is -2.31. The van der Waals surface area contributed by atoms with Gasteiger partial charge in [-0.05, 0) is 50.2 Å². The SMILES string of the molecule is Clc1ccc(-n2ncc3c(SCCN4CCCCC4)ncnc32)cc1. The number of aromatic nitrogens is 4. The van der Waals surface area contributed by atoms with E-state index in [1.54, 1.807) is 18.1 Å². The summed E-state index contributed by atoms with van der Waals surface area (Å²) < 4.78 is 1.84. The average molecular weight is 374 g/mol. The number of likely N-dealkylation sites (tertiary alicyclic amines) is 1. The molecule has 4 rings (SSSR count). The molecule has 1 aliphatic rings. The third kappa shape index (κ3) is 3.81. The predicted octanol–water partition coefficient (Wildman–Crippen LogP) is 4.05. The molecule has 0 radical (unpaired) electrons. The lowest BCUT2D eigenvalue weighted by molar-refractivity contribution is 0.242. The Bertz CT molecular complexity index is 842. The molecule has 0 amide bonds. The van der Waals surface area contributed by atoms with E-state index >= 15 is 0 Å². The van der Waals surface area contributed by atoms with E-state index in [1.165, 1.54) is 32.4 Å². The van der Waals surface area contributed by atoms with E-state index in [1.807, 2.05) is 35.1 Å². The van der Waals surface area contributed by atoms with Crippen molar-refractivity contribution < 1.29 is 0 Å². The number of halogens is 1. The number of nitrogens with zero attached hydrogens (tertiary/aromatic N) is 5. The third-order valence-corrected chi connectivity index (χ3v) is 5.73. The van der Waals surface area contributed by atoms with Crippen molar-refractivity contribution in [2.24, 2.45) is 0 Å². The quantitative estimate of drug-likeness (QED) is 0.498. The third-order valence-electron chi connectivity index (χ3n) is 4.50. The second-order valence-electron chi connectivity index (χ2n) is 6.20. The molecule has 1 saturated heterocycles. The molecule has 0 saturated carbocycles. The largest absolute Gasteiger partial charge is 0.303 e. The molecular formula is C18H20ClN5S. The molecule has 0 bridgehead atoms. The van der Waals surface area contributed by atoms with Crippen molar-refractivity contribution in [3.63, 3.8) is 0 Å². The number of thioether (sulfide) groups is 1. The molecule has 0 N–H and O–H groups in total. The van der Waals surface area contributed by atoms with Crippen LogP contribution in [0.3, 0.4) is 0 Å². The van der Waals surface area contributed by atoms with Gasteiger partial charge < -0.3 is 4.90 Å². The first-order valence-electron chi connectivity index (χ1n) is 8.61. The maximum atomic E-state index is 5.98. The standard InChI is InChI=1S/C18H20ClN5S/c19-14-4-6-15(7-5-14)24-17-16(12-22-24)18(21-13-20-17)25-11-10-23-8-2-1-3-9-23/h4-7,12-13H,1-3,8-11H2. The Morgan fingerprint density at radius 3 is 2.64 bits per heavy atom. The van der Waals surface area contributed by atoms with Gasteiger partial charge in [0, 0.05) is 17.3 Å². The zero-order chi connectivity index (χ0) is 17.1. The molecule has 5 nitrogen and oxygen atoms in total. The van der Waals surface area contributed by atoms with Crippen LogP contribution in [0.5, 0.6) is 0 Å². The number of rotatable bonds is 5. The molecule has 7 heteroatoms. The van der Waals surface area contributed by atoms with Gasteiger partial charge >= 0.3 is 0 Å². The molecule has 0 aliphatic carbocycles. The summed E-state index contributed by atoms with van der Waals surface area (Å²) in [5.41, 5.74) is 1.78. The first kappa shape index (κ1) is 16.8. The van der Waals surface area contributed by atoms with Gasteiger partial charge in [0.25, 0.3) is 0 Å². The van der Waals surface area contributed by atoms with Gasteiger partial charge in [0.15, 0.2) is 5.65 Å². The van der Waals surface area contributed by atoms with E-state index in [4.69, 9.17) is 11.6 Å². The molecule has 1 aliphatic heterocycles. The topological polar surface area (TPSA) is 46.8 Å². The first-order chi connectivity index (χ1) is 12.3. The lowest BCUT2D eigenvalue weighted by atomic mass is 10.1. The number of fused-ring (bicyclic) bond motifs is 1. The average Bonchev–Trinajstić information content (AvgIpc) is 3.08. The number of piperidine rings is 1. The zero-order valence-electron chi connectivity index (χ0n) is 13.9. The molecule has 25 heavy (non-hydrogen) atoms.